The smallest absolute Gasteiger partial charge is 0.0328 e. The SMILES string of the molecule is Brc1ccc(Br)c(Br)c1.C=C. The number of halogens is 3. The van der Waals surface area contributed by atoms with Gasteiger partial charge in [0, 0.05) is 13.4 Å². The summed E-state index contributed by atoms with van der Waals surface area (Å²) in [7, 11) is 0. The lowest BCUT2D eigenvalue weighted by Gasteiger charge is -1.93. The van der Waals surface area contributed by atoms with Crippen molar-refractivity contribution >= 4 is 47.8 Å². The molecular formula is C8H7Br3. The summed E-state index contributed by atoms with van der Waals surface area (Å²) in [5.41, 5.74) is 0. The summed E-state index contributed by atoms with van der Waals surface area (Å²) in [6, 6.07) is 5.95. The van der Waals surface area contributed by atoms with Gasteiger partial charge >= 0.3 is 0 Å². The van der Waals surface area contributed by atoms with Crippen LogP contribution in [0.25, 0.3) is 0 Å². The predicted octanol–water partition coefficient (Wildman–Crippen LogP) is 4.78. The first-order valence-electron chi connectivity index (χ1n) is 2.80. The molecule has 3 heteroatoms. The number of hydrogen-bond acceptors (Lipinski definition) is 0. The third-order valence-electron chi connectivity index (χ3n) is 0.882. The zero-order chi connectivity index (χ0) is 8.85. The Hall–Kier alpha value is 0.400. The first-order chi connectivity index (χ1) is 5.20. The summed E-state index contributed by atoms with van der Waals surface area (Å²) < 4.78 is 3.22. The van der Waals surface area contributed by atoms with Crippen molar-refractivity contribution in [1.82, 2.24) is 0 Å². The van der Waals surface area contributed by atoms with E-state index in [4.69, 9.17) is 0 Å². The minimum absolute atomic E-state index is 1.07. The van der Waals surface area contributed by atoms with Gasteiger partial charge in [0.1, 0.15) is 0 Å². The van der Waals surface area contributed by atoms with Gasteiger partial charge in [-0.05, 0) is 50.1 Å². The molecule has 11 heavy (non-hydrogen) atoms. The highest BCUT2D eigenvalue weighted by Crippen LogP contribution is 2.25. The molecule has 0 nitrogen and oxygen atoms in total. The van der Waals surface area contributed by atoms with Crippen LogP contribution in [0.15, 0.2) is 44.8 Å². The van der Waals surface area contributed by atoms with Crippen LogP contribution in [0, 0.1) is 0 Å². The molecule has 0 aliphatic rings. The van der Waals surface area contributed by atoms with E-state index in [-0.39, 0.29) is 0 Å². The number of rotatable bonds is 0. The fourth-order valence-electron chi connectivity index (χ4n) is 0.470. The molecule has 1 rings (SSSR count). The van der Waals surface area contributed by atoms with E-state index in [9.17, 15) is 0 Å². The monoisotopic (exact) mass is 340 g/mol. The predicted molar refractivity (Wildman–Crippen MR) is 60.8 cm³/mol. The Bertz CT molecular complexity index is 233. The van der Waals surface area contributed by atoms with Crippen molar-refractivity contribution in [3.05, 3.63) is 44.8 Å². The quantitative estimate of drug-likeness (QED) is 0.470. The van der Waals surface area contributed by atoms with E-state index < -0.39 is 0 Å². The summed E-state index contributed by atoms with van der Waals surface area (Å²) in [5, 5.41) is 0. The molecule has 0 fully saturated rings. The van der Waals surface area contributed by atoms with Gasteiger partial charge in [-0.15, -0.1) is 13.2 Å². The van der Waals surface area contributed by atoms with Crippen LogP contribution in [0.3, 0.4) is 0 Å². The third-order valence-corrected chi connectivity index (χ3v) is 3.25. The van der Waals surface area contributed by atoms with E-state index in [1.807, 2.05) is 18.2 Å². The summed E-state index contributed by atoms with van der Waals surface area (Å²) in [5.74, 6) is 0. The van der Waals surface area contributed by atoms with Gasteiger partial charge in [-0.25, -0.2) is 0 Å². The van der Waals surface area contributed by atoms with Crippen LogP contribution in [0.4, 0.5) is 0 Å². The standard InChI is InChI=1S/C6H3Br3.C2H4/c7-4-1-2-5(8)6(9)3-4;1-2/h1-3H;1-2H2. The van der Waals surface area contributed by atoms with Gasteiger partial charge in [0.15, 0.2) is 0 Å². The Morgan fingerprint density at radius 2 is 1.45 bits per heavy atom. The molecule has 1 aromatic carbocycles. The topological polar surface area (TPSA) is 0 Å². The molecule has 0 N–H and O–H groups in total. The van der Waals surface area contributed by atoms with Crippen LogP contribution in [-0.2, 0) is 0 Å². The van der Waals surface area contributed by atoms with Crippen molar-refractivity contribution in [2.45, 2.75) is 0 Å². The van der Waals surface area contributed by atoms with E-state index in [0.29, 0.717) is 0 Å². The van der Waals surface area contributed by atoms with Gasteiger partial charge < -0.3 is 0 Å². The Morgan fingerprint density at radius 1 is 0.909 bits per heavy atom. The molecule has 0 saturated heterocycles. The Kier molecular flexibility index (Phi) is 6.19. The normalized spacial score (nSPS) is 8.27. The highest BCUT2D eigenvalue weighted by molar-refractivity contribution is 9.13. The van der Waals surface area contributed by atoms with E-state index in [1.165, 1.54) is 0 Å². The van der Waals surface area contributed by atoms with E-state index in [2.05, 4.69) is 60.9 Å². The lowest BCUT2D eigenvalue weighted by atomic mass is 10.4. The zero-order valence-electron chi connectivity index (χ0n) is 5.78. The molecule has 0 radical (unpaired) electrons. The Labute approximate surface area is 92.1 Å². The fourth-order valence-corrected chi connectivity index (χ4v) is 1.76. The third kappa shape index (κ3) is 4.09. The summed E-state index contributed by atoms with van der Waals surface area (Å²) in [4.78, 5) is 0. The second-order valence-electron chi connectivity index (χ2n) is 1.56. The second-order valence-corrected chi connectivity index (χ2v) is 4.18. The average Bonchev–Trinajstić information content (AvgIpc) is 2.02. The summed E-state index contributed by atoms with van der Waals surface area (Å²) in [6.07, 6.45) is 0. The highest BCUT2D eigenvalue weighted by Gasteiger charge is 1.93. The van der Waals surface area contributed by atoms with Crippen molar-refractivity contribution in [2.24, 2.45) is 0 Å². The van der Waals surface area contributed by atoms with Crippen molar-refractivity contribution < 1.29 is 0 Å². The van der Waals surface area contributed by atoms with Crippen molar-refractivity contribution in [2.75, 3.05) is 0 Å². The molecule has 0 heterocycles. The molecular weight excluding hydrogens is 336 g/mol. The van der Waals surface area contributed by atoms with Gasteiger partial charge in [0.25, 0.3) is 0 Å². The minimum atomic E-state index is 1.07. The number of benzene rings is 1. The van der Waals surface area contributed by atoms with Crippen LogP contribution >= 0.6 is 47.8 Å². The first kappa shape index (κ1) is 11.4. The Morgan fingerprint density at radius 3 is 1.82 bits per heavy atom. The van der Waals surface area contributed by atoms with Crippen LogP contribution in [-0.4, -0.2) is 0 Å². The summed E-state index contributed by atoms with van der Waals surface area (Å²) in [6.45, 7) is 6.00. The zero-order valence-corrected chi connectivity index (χ0v) is 10.5. The molecule has 0 amide bonds. The molecule has 0 unspecified atom stereocenters. The van der Waals surface area contributed by atoms with E-state index in [1.54, 1.807) is 0 Å². The fraction of sp³-hybridized carbons (Fsp3) is 0. The lowest BCUT2D eigenvalue weighted by Crippen LogP contribution is -1.67. The number of hydrogen-bond donors (Lipinski definition) is 0. The maximum atomic E-state index is 3.37. The maximum Gasteiger partial charge on any atom is 0.0328 e. The Balaban J connectivity index is 0.000000461. The first-order valence-corrected chi connectivity index (χ1v) is 5.18. The van der Waals surface area contributed by atoms with Crippen molar-refractivity contribution in [3.8, 4) is 0 Å². The van der Waals surface area contributed by atoms with Crippen molar-refractivity contribution in [1.29, 1.82) is 0 Å². The molecule has 0 bridgehead atoms. The summed E-state index contributed by atoms with van der Waals surface area (Å²) >= 11 is 10.1. The van der Waals surface area contributed by atoms with E-state index in [0.717, 1.165) is 13.4 Å². The average molecular weight is 343 g/mol. The minimum Gasteiger partial charge on any atom is -0.106 e. The molecule has 60 valence electrons. The maximum absolute atomic E-state index is 3.37. The van der Waals surface area contributed by atoms with E-state index >= 15 is 0 Å². The largest absolute Gasteiger partial charge is 0.106 e. The highest BCUT2D eigenvalue weighted by atomic mass is 79.9. The molecule has 0 atom stereocenters. The van der Waals surface area contributed by atoms with Gasteiger partial charge in [0.05, 0.1) is 0 Å². The van der Waals surface area contributed by atoms with Crippen LogP contribution < -0.4 is 0 Å². The molecule has 0 aliphatic carbocycles. The molecule has 0 spiro atoms. The second kappa shape index (κ2) is 5.98. The molecule has 0 saturated carbocycles. The van der Waals surface area contributed by atoms with Crippen LogP contribution in [0.1, 0.15) is 0 Å². The van der Waals surface area contributed by atoms with Crippen LogP contribution in [0.5, 0.6) is 0 Å². The van der Waals surface area contributed by atoms with Gasteiger partial charge in [-0.3, -0.25) is 0 Å². The molecule has 0 aromatic heterocycles. The van der Waals surface area contributed by atoms with Gasteiger partial charge in [-0.1, -0.05) is 15.9 Å². The lowest BCUT2D eigenvalue weighted by molar-refractivity contribution is 1.55. The van der Waals surface area contributed by atoms with Gasteiger partial charge in [0.2, 0.25) is 0 Å². The van der Waals surface area contributed by atoms with Crippen molar-refractivity contribution in [3.63, 3.8) is 0 Å². The van der Waals surface area contributed by atoms with Crippen LogP contribution in [0.2, 0.25) is 0 Å². The van der Waals surface area contributed by atoms with Gasteiger partial charge in [-0.2, -0.15) is 0 Å². The molecule has 1 aromatic rings. The molecule has 0 aliphatic heterocycles.